The summed E-state index contributed by atoms with van der Waals surface area (Å²) in [6.45, 7) is 4.98. The maximum absolute atomic E-state index is 12.5. The first-order chi connectivity index (χ1) is 15.0. The van der Waals surface area contributed by atoms with E-state index in [-0.39, 0.29) is 5.57 Å². The number of para-hydroxylation sites is 1. The van der Waals surface area contributed by atoms with Crippen LogP contribution in [0.15, 0.2) is 42.0 Å². The van der Waals surface area contributed by atoms with Crippen LogP contribution < -0.4 is 14.8 Å². The summed E-state index contributed by atoms with van der Waals surface area (Å²) in [4.78, 5) is 12.5. The zero-order valence-electron chi connectivity index (χ0n) is 17.7. The Bertz CT molecular complexity index is 968. The number of carbonyl (C=O) groups excluding carboxylic acids is 1. The number of hydrogen-bond donors (Lipinski definition) is 1. The molecular weight excluding hydrogens is 435 g/mol. The summed E-state index contributed by atoms with van der Waals surface area (Å²) in [6, 6.07) is 12.1. The molecule has 0 spiro atoms. The van der Waals surface area contributed by atoms with E-state index in [9.17, 15) is 10.1 Å². The molecule has 0 radical (unpaired) electrons. The van der Waals surface area contributed by atoms with Crippen LogP contribution in [0.4, 0.5) is 5.69 Å². The van der Waals surface area contributed by atoms with Crippen molar-refractivity contribution in [1.82, 2.24) is 0 Å². The number of ether oxygens (including phenoxy) is 2. The number of rotatable bonds is 11. The highest BCUT2D eigenvalue weighted by molar-refractivity contribution is 6.34. The lowest BCUT2D eigenvalue weighted by atomic mass is 10.1. The van der Waals surface area contributed by atoms with Crippen LogP contribution in [0, 0.1) is 11.3 Å². The topological polar surface area (TPSA) is 71.3 Å². The molecule has 0 aliphatic rings. The number of halogens is 2. The van der Waals surface area contributed by atoms with Crippen molar-refractivity contribution in [2.45, 2.75) is 39.5 Å². The van der Waals surface area contributed by atoms with Gasteiger partial charge in [0.15, 0.2) is 11.5 Å². The number of anilines is 1. The molecule has 2 rings (SSSR count). The molecule has 0 unspecified atom stereocenters. The molecule has 5 nitrogen and oxygen atoms in total. The van der Waals surface area contributed by atoms with E-state index in [0.29, 0.717) is 46.0 Å². The molecule has 0 fully saturated rings. The second-order valence-electron chi connectivity index (χ2n) is 6.78. The normalized spacial score (nSPS) is 11.0. The van der Waals surface area contributed by atoms with E-state index in [4.69, 9.17) is 32.7 Å². The molecular formula is C24H26Cl2N2O3. The van der Waals surface area contributed by atoms with E-state index in [1.807, 2.05) is 13.0 Å². The van der Waals surface area contributed by atoms with Crippen molar-refractivity contribution in [2.24, 2.45) is 0 Å². The van der Waals surface area contributed by atoms with Crippen molar-refractivity contribution in [3.05, 3.63) is 57.6 Å². The highest BCUT2D eigenvalue weighted by atomic mass is 35.5. The molecule has 0 bridgehead atoms. The third-order valence-electron chi connectivity index (χ3n) is 4.37. The first kappa shape index (κ1) is 24.6. The maximum atomic E-state index is 12.5. The molecule has 1 N–H and O–H groups in total. The van der Waals surface area contributed by atoms with Gasteiger partial charge in [-0.15, -0.1) is 0 Å². The molecule has 164 valence electrons. The molecule has 0 aliphatic carbocycles. The van der Waals surface area contributed by atoms with Crippen molar-refractivity contribution in [3.8, 4) is 17.6 Å². The second kappa shape index (κ2) is 12.9. The number of carbonyl (C=O) groups is 1. The summed E-state index contributed by atoms with van der Waals surface area (Å²) < 4.78 is 11.5. The van der Waals surface area contributed by atoms with Crippen LogP contribution in [0.5, 0.6) is 11.5 Å². The third kappa shape index (κ3) is 7.50. The van der Waals surface area contributed by atoms with Crippen LogP contribution in [0.1, 0.15) is 45.1 Å². The smallest absolute Gasteiger partial charge is 0.266 e. The van der Waals surface area contributed by atoms with Gasteiger partial charge in [0.05, 0.1) is 28.9 Å². The predicted molar refractivity (Wildman–Crippen MR) is 126 cm³/mol. The lowest BCUT2D eigenvalue weighted by Crippen LogP contribution is -2.13. The Morgan fingerprint density at radius 2 is 1.87 bits per heavy atom. The second-order valence-corrected chi connectivity index (χ2v) is 7.59. The van der Waals surface area contributed by atoms with Crippen molar-refractivity contribution in [2.75, 3.05) is 18.5 Å². The molecule has 2 aromatic carbocycles. The summed E-state index contributed by atoms with van der Waals surface area (Å²) in [5.41, 5.74) is 0.888. The fraction of sp³-hybridized carbons (Fsp3) is 0.333. The van der Waals surface area contributed by atoms with Crippen LogP contribution in [-0.2, 0) is 4.79 Å². The van der Waals surface area contributed by atoms with Crippen molar-refractivity contribution in [1.29, 1.82) is 5.26 Å². The minimum absolute atomic E-state index is 0.0910. The van der Waals surface area contributed by atoms with Gasteiger partial charge in [-0.3, -0.25) is 4.79 Å². The zero-order valence-corrected chi connectivity index (χ0v) is 19.2. The lowest BCUT2D eigenvalue weighted by Gasteiger charge is -2.14. The highest BCUT2D eigenvalue weighted by Crippen LogP contribution is 2.37. The van der Waals surface area contributed by atoms with Crippen molar-refractivity contribution < 1.29 is 14.3 Å². The molecule has 0 aromatic heterocycles. The Labute approximate surface area is 193 Å². The Balaban J connectivity index is 2.23. The summed E-state index contributed by atoms with van der Waals surface area (Å²) >= 11 is 12.5. The van der Waals surface area contributed by atoms with Crippen LogP contribution in [-0.4, -0.2) is 19.1 Å². The minimum Gasteiger partial charge on any atom is -0.490 e. The molecule has 1 amide bonds. The fourth-order valence-corrected chi connectivity index (χ4v) is 3.30. The molecule has 2 aromatic rings. The largest absolute Gasteiger partial charge is 0.490 e. The van der Waals surface area contributed by atoms with E-state index in [0.717, 1.165) is 25.7 Å². The molecule has 0 aliphatic heterocycles. The Kier molecular flexibility index (Phi) is 10.2. The number of nitrogens with one attached hydrogen (secondary N) is 1. The predicted octanol–water partition coefficient (Wildman–Crippen LogP) is 6.90. The van der Waals surface area contributed by atoms with Crippen molar-refractivity contribution >= 4 is 40.9 Å². The van der Waals surface area contributed by atoms with Gasteiger partial charge in [0, 0.05) is 0 Å². The third-order valence-corrected chi connectivity index (χ3v) is 4.98. The van der Waals surface area contributed by atoms with Gasteiger partial charge in [-0.05, 0) is 49.2 Å². The standard InChI is InChI=1S/C24H26Cl2N2O3/c1-3-5-6-9-12-31-23-20(26)14-17(15-22(23)30-4-2)13-18(16-27)24(29)28-21-11-8-7-10-19(21)25/h7-8,10-11,13-15H,3-6,9,12H2,1-2H3,(H,28,29). The van der Waals surface area contributed by atoms with Gasteiger partial charge in [0.2, 0.25) is 0 Å². The Hall–Kier alpha value is -2.68. The summed E-state index contributed by atoms with van der Waals surface area (Å²) in [5.74, 6) is 0.373. The number of unbranched alkanes of at least 4 members (excludes halogenated alkanes) is 3. The number of benzene rings is 2. The van der Waals surface area contributed by atoms with E-state index < -0.39 is 5.91 Å². The maximum Gasteiger partial charge on any atom is 0.266 e. The zero-order chi connectivity index (χ0) is 22.6. The average Bonchev–Trinajstić information content (AvgIpc) is 2.75. The van der Waals surface area contributed by atoms with Gasteiger partial charge >= 0.3 is 0 Å². The Morgan fingerprint density at radius 1 is 1.10 bits per heavy atom. The number of hydrogen-bond acceptors (Lipinski definition) is 4. The summed E-state index contributed by atoms with van der Waals surface area (Å²) in [6.07, 6.45) is 5.78. The van der Waals surface area contributed by atoms with Gasteiger partial charge in [-0.25, -0.2) is 0 Å². The SMILES string of the molecule is CCCCCCOc1c(Cl)cc(C=C(C#N)C(=O)Nc2ccccc2Cl)cc1OCC. The van der Waals surface area contributed by atoms with Gasteiger partial charge in [0.25, 0.3) is 5.91 Å². The minimum atomic E-state index is -0.569. The van der Waals surface area contributed by atoms with Crippen molar-refractivity contribution in [3.63, 3.8) is 0 Å². The van der Waals surface area contributed by atoms with E-state index in [1.54, 1.807) is 36.4 Å². The first-order valence-electron chi connectivity index (χ1n) is 10.3. The molecule has 31 heavy (non-hydrogen) atoms. The Morgan fingerprint density at radius 3 is 2.55 bits per heavy atom. The summed E-state index contributed by atoms with van der Waals surface area (Å²) in [5, 5.41) is 12.9. The van der Waals surface area contributed by atoms with Crippen LogP contribution >= 0.6 is 23.2 Å². The molecule has 0 saturated heterocycles. The summed E-state index contributed by atoms with van der Waals surface area (Å²) in [7, 11) is 0. The number of nitriles is 1. The first-order valence-corrected chi connectivity index (χ1v) is 11.0. The molecule has 0 atom stereocenters. The monoisotopic (exact) mass is 460 g/mol. The van der Waals surface area contributed by atoms with E-state index >= 15 is 0 Å². The average molecular weight is 461 g/mol. The molecule has 0 saturated carbocycles. The number of nitrogens with zero attached hydrogens (tertiary/aromatic N) is 1. The molecule has 0 heterocycles. The van der Waals surface area contributed by atoms with Gasteiger partial charge in [-0.1, -0.05) is 61.5 Å². The van der Waals surface area contributed by atoms with E-state index in [1.165, 1.54) is 6.08 Å². The quantitative estimate of drug-likeness (QED) is 0.225. The highest BCUT2D eigenvalue weighted by Gasteiger charge is 2.15. The van der Waals surface area contributed by atoms with Gasteiger partial charge < -0.3 is 14.8 Å². The fourth-order valence-electron chi connectivity index (χ4n) is 2.84. The molecule has 7 heteroatoms. The van der Waals surface area contributed by atoms with Crippen LogP contribution in [0.3, 0.4) is 0 Å². The van der Waals surface area contributed by atoms with Crippen LogP contribution in [0.2, 0.25) is 10.0 Å². The van der Waals surface area contributed by atoms with Gasteiger partial charge in [0.1, 0.15) is 11.6 Å². The lowest BCUT2D eigenvalue weighted by molar-refractivity contribution is -0.112. The van der Waals surface area contributed by atoms with Gasteiger partial charge in [-0.2, -0.15) is 5.26 Å². The number of amides is 1. The van der Waals surface area contributed by atoms with E-state index in [2.05, 4.69) is 12.2 Å². The van der Waals surface area contributed by atoms with Crippen LogP contribution in [0.25, 0.3) is 6.08 Å².